The third kappa shape index (κ3) is 5.18. The Balaban J connectivity index is 1.69. The Labute approximate surface area is 174 Å². The molecule has 2 aromatic rings. The lowest BCUT2D eigenvalue weighted by Crippen LogP contribution is -2.30. The normalized spacial score (nSPS) is 13.4. The van der Waals surface area contributed by atoms with Crippen molar-refractivity contribution < 1.29 is 9.59 Å². The summed E-state index contributed by atoms with van der Waals surface area (Å²) < 4.78 is 0. The van der Waals surface area contributed by atoms with Crippen molar-refractivity contribution in [2.24, 2.45) is 5.73 Å². The molecule has 0 bridgehead atoms. The van der Waals surface area contributed by atoms with Gasteiger partial charge in [-0.25, -0.2) is 0 Å². The highest BCUT2D eigenvalue weighted by atomic mass is 35.5. The fourth-order valence-corrected chi connectivity index (χ4v) is 3.50. The summed E-state index contributed by atoms with van der Waals surface area (Å²) in [6.45, 7) is 1.81. The molecular formula is C21H22ClN5O2. The molecule has 1 heterocycles. The number of carbonyl (C=O) groups excluding carboxylic acids is 2. The Kier molecular flexibility index (Phi) is 6.57. The molecule has 3 rings (SSSR count). The predicted octanol–water partition coefficient (Wildman–Crippen LogP) is 3.35. The summed E-state index contributed by atoms with van der Waals surface area (Å²) in [5.74, 6) is -0.937. The van der Waals surface area contributed by atoms with E-state index in [4.69, 9.17) is 22.6 Å². The quantitative estimate of drug-likeness (QED) is 0.674. The van der Waals surface area contributed by atoms with Gasteiger partial charge in [0, 0.05) is 29.5 Å². The SMILES string of the molecule is N#Cc1ccc(Cl)cc1NC(=O)CNc1ccc(N2CCCCC2)cc1C(N)=O. The van der Waals surface area contributed by atoms with Gasteiger partial charge in [-0.2, -0.15) is 5.26 Å². The molecule has 29 heavy (non-hydrogen) atoms. The summed E-state index contributed by atoms with van der Waals surface area (Å²) in [4.78, 5) is 26.5. The smallest absolute Gasteiger partial charge is 0.250 e. The first-order chi connectivity index (χ1) is 14.0. The number of carbonyl (C=O) groups is 2. The van der Waals surface area contributed by atoms with Crippen molar-refractivity contribution >= 4 is 40.5 Å². The predicted molar refractivity (Wildman–Crippen MR) is 114 cm³/mol. The molecule has 0 unspecified atom stereocenters. The van der Waals surface area contributed by atoms with Gasteiger partial charge in [-0.15, -0.1) is 0 Å². The van der Waals surface area contributed by atoms with E-state index in [1.165, 1.54) is 18.6 Å². The molecule has 1 fully saturated rings. The lowest BCUT2D eigenvalue weighted by atomic mass is 10.1. The molecule has 2 amide bonds. The van der Waals surface area contributed by atoms with Crippen LogP contribution in [0.4, 0.5) is 17.1 Å². The van der Waals surface area contributed by atoms with Gasteiger partial charge in [-0.1, -0.05) is 11.6 Å². The van der Waals surface area contributed by atoms with Gasteiger partial charge in [0.1, 0.15) is 6.07 Å². The van der Waals surface area contributed by atoms with Crippen LogP contribution in [0.1, 0.15) is 35.2 Å². The monoisotopic (exact) mass is 411 g/mol. The van der Waals surface area contributed by atoms with Crippen molar-refractivity contribution in [2.75, 3.05) is 35.2 Å². The van der Waals surface area contributed by atoms with Gasteiger partial charge < -0.3 is 21.3 Å². The van der Waals surface area contributed by atoms with Gasteiger partial charge in [0.05, 0.1) is 23.4 Å². The first-order valence-electron chi connectivity index (χ1n) is 9.40. The van der Waals surface area contributed by atoms with Crippen LogP contribution in [-0.4, -0.2) is 31.4 Å². The Morgan fingerprint density at radius 1 is 1.10 bits per heavy atom. The molecule has 8 heteroatoms. The highest BCUT2D eigenvalue weighted by Crippen LogP contribution is 2.26. The average molecular weight is 412 g/mol. The molecule has 1 aliphatic rings. The molecule has 1 aliphatic heterocycles. The van der Waals surface area contributed by atoms with Crippen molar-refractivity contribution in [3.8, 4) is 6.07 Å². The number of hydrogen-bond acceptors (Lipinski definition) is 5. The largest absolute Gasteiger partial charge is 0.375 e. The van der Waals surface area contributed by atoms with Crippen molar-refractivity contribution in [3.63, 3.8) is 0 Å². The molecule has 0 spiro atoms. The third-order valence-corrected chi connectivity index (χ3v) is 5.04. The molecule has 4 N–H and O–H groups in total. The molecule has 150 valence electrons. The highest BCUT2D eigenvalue weighted by Gasteiger charge is 2.16. The van der Waals surface area contributed by atoms with E-state index in [0.717, 1.165) is 31.6 Å². The zero-order valence-corrected chi connectivity index (χ0v) is 16.6. The zero-order valence-electron chi connectivity index (χ0n) is 15.9. The number of nitrogens with zero attached hydrogens (tertiary/aromatic N) is 2. The van der Waals surface area contributed by atoms with Crippen molar-refractivity contribution in [1.82, 2.24) is 0 Å². The molecule has 1 saturated heterocycles. The van der Waals surface area contributed by atoms with E-state index in [0.29, 0.717) is 27.5 Å². The maximum absolute atomic E-state index is 12.3. The zero-order chi connectivity index (χ0) is 20.8. The van der Waals surface area contributed by atoms with E-state index in [9.17, 15) is 9.59 Å². The van der Waals surface area contributed by atoms with Crippen LogP contribution in [0.2, 0.25) is 5.02 Å². The minimum absolute atomic E-state index is 0.0965. The van der Waals surface area contributed by atoms with Crippen LogP contribution in [0, 0.1) is 11.3 Å². The second kappa shape index (κ2) is 9.30. The van der Waals surface area contributed by atoms with Crippen LogP contribution in [0.5, 0.6) is 0 Å². The fourth-order valence-electron chi connectivity index (χ4n) is 3.33. The van der Waals surface area contributed by atoms with E-state index in [-0.39, 0.29) is 12.5 Å². The first-order valence-corrected chi connectivity index (χ1v) is 9.78. The molecule has 7 nitrogen and oxygen atoms in total. The lowest BCUT2D eigenvalue weighted by Gasteiger charge is -2.29. The summed E-state index contributed by atoms with van der Waals surface area (Å²) in [7, 11) is 0. The minimum atomic E-state index is -0.562. The lowest BCUT2D eigenvalue weighted by molar-refractivity contribution is -0.114. The second-order valence-electron chi connectivity index (χ2n) is 6.85. The topological polar surface area (TPSA) is 111 Å². The summed E-state index contributed by atoms with van der Waals surface area (Å²) in [5, 5.41) is 15.2. The Morgan fingerprint density at radius 2 is 1.86 bits per heavy atom. The van der Waals surface area contributed by atoms with Crippen LogP contribution in [-0.2, 0) is 4.79 Å². The number of hydrogen-bond donors (Lipinski definition) is 3. The first kappa shape index (κ1) is 20.5. The Hall–Kier alpha value is -3.24. The van der Waals surface area contributed by atoms with E-state index in [2.05, 4.69) is 15.5 Å². The average Bonchev–Trinajstić information content (AvgIpc) is 2.73. The highest BCUT2D eigenvalue weighted by molar-refractivity contribution is 6.31. The maximum atomic E-state index is 12.3. The van der Waals surface area contributed by atoms with E-state index >= 15 is 0 Å². The number of nitrogens with two attached hydrogens (primary N) is 1. The van der Waals surface area contributed by atoms with Gasteiger partial charge in [0.2, 0.25) is 5.91 Å². The molecule has 0 radical (unpaired) electrons. The number of nitriles is 1. The number of benzene rings is 2. The van der Waals surface area contributed by atoms with E-state index in [1.807, 2.05) is 12.1 Å². The number of piperidine rings is 1. The third-order valence-electron chi connectivity index (χ3n) is 4.81. The molecule has 0 atom stereocenters. The fraction of sp³-hybridized carbons (Fsp3) is 0.286. The standard InChI is InChI=1S/C21H22ClN5O2/c22-15-5-4-14(12-23)19(10-15)26-20(28)13-25-18-7-6-16(11-17(18)21(24)29)27-8-2-1-3-9-27/h4-7,10-11,25H,1-3,8-9,13H2,(H2,24,29)(H,26,28). The van der Waals surface area contributed by atoms with Crippen molar-refractivity contribution in [2.45, 2.75) is 19.3 Å². The molecule has 0 aromatic heterocycles. The number of anilines is 3. The van der Waals surface area contributed by atoms with E-state index < -0.39 is 5.91 Å². The Bertz CT molecular complexity index is 964. The van der Waals surface area contributed by atoms with Crippen LogP contribution in [0.15, 0.2) is 36.4 Å². The number of amides is 2. The maximum Gasteiger partial charge on any atom is 0.250 e. The van der Waals surface area contributed by atoms with Crippen LogP contribution < -0.4 is 21.3 Å². The van der Waals surface area contributed by atoms with Crippen LogP contribution in [0.25, 0.3) is 0 Å². The van der Waals surface area contributed by atoms with Gasteiger partial charge >= 0.3 is 0 Å². The van der Waals surface area contributed by atoms with Crippen LogP contribution in [0.3, 0.4) is 0 Å². The van der Waals surface area contributed by atoms with Crippen molar-refractivity contribution in [3.05, 3.63) is 52.5 Å². The Morgan fingerprint density at radius 3 is 2.55 bits per heavy atom. The number of rotatable bonds is 6. The minimum Gasteiger partial charge on any atom is -0.375 e. The summed E-state index contributed by atoms with van der Waals surface area (Å²) in [6.07, 6.45) is 3.47. The van der Waals surface area contributed by atoms with Crippen LogP contribution >= 0.6 is 11.6 Å². The molecular weight excluding hydrogens is 390 g/mol. The van der Waals surface area contributed by atoms with Gasteiger partial charge in [0.15, 0.2) is 0 Å². The van der Waals surface area contributed by atoms with E-state index in [1.54, 1.807) is 18.2 Å². The van der Waals surface area contributed by atoms with Gasteiger partial charge in [-0.3, -0.25) is 9.59 Å². The molecule has 0 aliphatic carbocycles. The summed E-state index contributed by atoms with van der Waals surface area (Å²) in [6, 6.07) is 12.1. The second-order valence-corrected chi connectivity index (χ2v) is 7.28. The molecule has 2 aromatic carbocycles. The molecule has 0 saturated carbocycles. The van der Waals surface area contributed by atoms with Gasteiger partial charge in [-0.05, 0) is 55.7 Å². The number of halogens is 1. The summed E-state index contributed by atoms with van der Waals surface area (Å²) in [5.41, 5.74) is 7.97. The number of nitrogens with one attached hydrogen (secondary N) is 2. The van der Waals surface area contributed by atoms with Crippen molar-refractivity contribution in [1.29, 1.82) is 5.26 Å². The van der Waals surface area contributed by atoms with Gasteiger partial charge in [0.25, 0.3) is 5.91 Å². The summed E-state index contributed by atoms with van der Waals surface area (Å²) >= 11 is 5.93. The number of primary amides is 1.